The minimum absolute atomic E-state index is 0.362. The number of nitrogens with one attached hydrogen (secondary N) is 1. The van der Waals surface area contributed by atoms with Crippen molar-refractivity contribution in [3.05, 3.63) is 27.7 Å². The largest absolute Gasteiger partial charge is 0.384 e. The van der Waals surface area contributed by atoms with Crippen LogP contribution in [0, 0.1) is 19.8 Å². The molecule has 2 rings (SSSR count). The molecule has 0 amide bonds. The van der Waals surface area contributed by atoms with Crippen molar-refractivity contribution in [3.8, 4) is 0 Å². The molecule has 1 unspecified atom stereocenters. The van der Waals surface area contributed by atoms with Gasteiger partial charge in [-0.1, -0.05) is 6.07 Å². The number of anilines is 1. The monoisotopic (exact) mass is 374 g/mol. The summed E-state index contributed by atoms with van der Waals surface area (Å²) in [6.45, 7) is 6.24. The van der Waals surface area contributed by atoms with E-state index in [2.05, 4.69) is 47.2 Å². The molecule has 1 aromatic rings. The first-order chi connectivity index (χ1) is 9.77. The fraction of sp³-hybridized carbons (Fsp3) is 0.600. The molecule has 1 aliphatic heterocycles. The molecule has 1 fully saturated rings. The zero-order valence-corrected chi connectivity index (χ0v) is 15.2. The van der Waals surface area contributed by atoms with E-state index >= 15 is 0 Å². The smallest absolute Gasteiger partial charge is 0.211 e. The van der Waals surface area contributed by atoms with Gasteiger partial charge in [-0.05, 0) is 65.7 Å². The summed E-state index contributed by atoms with van der Waals surface area (Å²) in [5.74, 6) is 0.362. The highest BCUT2D eigenvalue weighted by atomic mass is 79.9. The van der Waals surface area contributed by atoms with Gasteiger partial charge >= 0.3 is 0 Å². The molecular formula is C15H23BrN2O2S. The molecule has 1 aliphatic rings. The number of halogens is 1. The van der Waals surface area contributed by atoms with E-state index in [0.29, 0.717) is 19.0 Å². The molecule has 1 atom stereocenters. The summed E-state index contributed by atoms with van der Waals surface area (Å²) in [5.41, 5.74) is 3.54. The lowest BCUT2D eigenvalue weighted by molar-refractivity contribution is 0.276. The van der Waals surface area contributed by atoms with Gasteiger partial charge in [-0.15, -0.1) is 0 Å². The molecule has 1 heterocycles. The SMILES string of the molecule is Cc1cc(C)c(NCC2CCCN(S(C)(=O)=O)C2)c(Br)c1. The fourth-order valence-corrected chi connectivity index (χ4v) is 4.64. The second kappa shape index (κ2) is 6.67. The quantitative estimate of drug-likeness (QED) is 0.880. The Kier molecular flexibility index (Phi) is 5.33. The first-order valence-electron chi connectivity index (χ1n) is 7.23. The maximum atomic E-state index is 11.6. The van der Waals surface area contributed by atoms with E-state index in [1.54, 1.807) is 4.31 Å². The van der Waals surface area contributed by atoms with Crippen LogP contribution < -0.4 is 5.32 Å². The first kappa shape index (κ1) is 16.8. The normalized spacial score (nSPS) is 20.5. The van der Waals surface area contributed by atoms with Gasteiger partial charge in [0.25, 0.3) is 0 Å². The van der Waals surface area contributed by atoms with Gasteiger partial charge in [-0.25, -0.2) is 12.7 Å². The zero-order chi connectivity index (χ0) is 15.6. The number of piperidine rings is 1. The van der Waals surface area contributed by atoms with Crippen LogP contribution in [0.1, 0.15) is 24.0 Å². The van der Waals surface area contributed by atoms with Gasteiger partial charge in [0.05, 0.1) is 11.9 Å². The summed E-state index contributed by atoms with van der Waals surface area (Å²) >= 11 is 3.60. The third-order valence-electron chi connectivity index (χ3n) is 3.95. The molecule has 1 N–H and O–H groups in total. The number of rotatable bonds is 4. The molecule has 0 aromatic heterocycles. The molecule has 4 nitrogen and oxygen atoms in total. The molecule has 6 heteroatoms. The van der Waals surface area contributed by atoms with Crippen molar-refractivity contribution >= 4 is 31.6 Å². The van der Waals surface area contributed by atoms with Crippen LogP contribution in [-0.2, 0) is 10.0 Å². The molecule has 0 spiro atoms. The Morgan fingerprint density at radius 1 is 1.38 bits per heavy atom. The molecule has 0 saturated carbocycles. The van der Waals surface area contributed by atoms with Crippen LogP contribution in [0.5, 0.6) is 0 Å². The van der Waals surface area contributed by atoms with Gasteiger partial charge < -0.3 is 5.32 Å². The molecule has 1 aromatic carbocycles. The zero-order valence-electron chi connectivity index (χ0n) is 12.8. The summed E-state index contributed by atoms with van der Waals surface area (Å²) in [6, 6.07) is 4.25. The van der Waals surface area contributed by atoms with Crippen LogP contribution in [0.15, 0.2) is 16.6 Å². The Balaban J connectivity index is 2.00. The molecule has 0 bridgehead atoms. The van der Waals surface area contributed by atoms with E-state index in [9.17, 15) is 8.42 Å². The number of benzene rings is 1. The van der Waals surface area contributed by atoms with Crippen molar-refractivity contribution in [1.82, 2.24) is 4.31 Å². The Morgan fingerprint density at radius 2 is 2.10 bits per heavy atom. The minimum Gasteiger partial charge on any atom is -0.384 e. The Bertz CT molecular complexity index is 593. The number of nitrogens with zero attached hydrogens (tertiary/aromatic N) is 1. The van der Waals surface area contributed by atoms with Gasteiger partial charge in [-0.2, -0.15) is 0 Å². The van der Waals surface area contributed by atoms with Crippen LogP contribution in [-0.4, -0.2) is 38.6 Å². The molecule has 0 aliphatic carbocycles. The Hall–Kier alpha value is -0.590. The number of hydrogen-bond donors (Lipinski definition) is 1. The molecule has 1 saturated heterocycles. The van der Waals surface area contributed by atoms with Crippen molar-refractivity contribution in [2.24, 2.45) is 5.92 Å². The Morgan fingerprint density at radius 3 is 2.71 bits per heavy atom. The highest BCUT2D eigenvalue weighted by Crippen LogP contribution is 2.28. The van der Waals surface area contributed by atoms with Crippen molar-refractivity contribution in [1.29, 1.82) is 0 Å². The lowest BCUT2D eigenvalue weighted by Crippen LogP contribution is -2.41. The van der Waals surface area contributed by atoms with Crippen LogP contribution in [0.3, 0.4) is 0 Å². The topological polar surface area (TPSA) is 49.4 Å². The second-order valence-electron chi connectivity index (χ2n) is 5.95. The fourth-order valence-electron chi connectivity index (χ4n) is 2.88. The third kappa shape index (κ3) is 4.44. The highest BCUT2D eigenvalue weighted by Gasteiger charge is 2.25. The van der Waals surface area contributed by atoms with Crippen LogP contribution >= 0.6 is 15.9 Å². The van der Waals surface area contributed by atoms with Crippen molar-refractivity contribution in [3.63, 3.8) is 0 Å². The van der Waals surface area contributed by atoms with Gasteiger partial charge in [0, 0.05) is 24.1 Å². The summed E-state index contributed by atoms with van der Waals surface area (Å²) in [6.07, 6.45) is 3.30. The van der Waals surface area contributed by atoms with Crippen LogP contribution in [0.25, 0.3) is 0 Å². The second-order valence-corrected chi connectivity index (χ2v) is 8.79. The van der Waals surface area contributed by atoms with Crippen molar-refractivity contribution < 1.29 is 8.42 Å². The average molecular weight is 375 g/mol. The van der Waals surface area contributed by atoms with E-state index in [1.165, 1.54) is 17.4 Å². The first-order valence-corrected chi connectivity index (χ1v) is 9.87. The van der Waals surface area contributed by atoms with E-state index < -0.39 is 10.0 Å². The summed E-state index contributed by atoms with van der Waals surface area (Å²) in [7, 11) is -3.07. The van der Waals surface area contributed by atoms with Crippen LogP contribution in [0.4, 0.5) is 5.69 Å². The van der Waals surface area contributed by atoms with E-state index in [4.69, 9.17) is 0 Å². The molecule has 118 valence electrons. The van der Waals surface area contributed by atoms with Crippen LogP contribution in [0.2, 0.25) is 0 Å². The molecular weight excluding hydrogens is 352 g/mol. The van der Waals surface area contributed by atoms with Crippen molar-refractivity contribution in [2.75, 3.05) is 31.2 Å². The molecule has 0 radical (unpaired) electrons. The van der Waals surface area contributed by atoms with Gasteiger partial charge in [0.15, 0.2) is 0 Å². The number of aryl methyl sites for hydroxylation is 2. The lowest BCUT2D eigenvalue weighted by atomic mass is 9.99. The van der Waals surface area contributed by atoms with Crippen molar-refractivity contribution in [2.45, 2.75) is 26.7 Å². The predicted octanol–water partition coefficient (Wildman–Crippen LogP) is 3.15. The molecule has 21 heavy (non-hydrogen) atoms. The van der Waals surface area contributed by atoms with Gasteiger partial charge in [-0.3, -0.25) is 0 Å². The maximum Gasteiger partial charge on any atom is 0.211 e. The van der Waals surface area contributed by atoms with E-state index in [1.807, 2.05) is 0 Å². The summed E-state index contributed by atoms with van der Waals surface area (Å²) in [4.78, 5) is 0. The highest BCUT2D eigenvalue weighted by molar-refractivity contribution is 9.10. The summed E-state index contributed by atoms with van der Waals surface area (Å²) < 4.78 is 26.0. The maximum absolute atomic E-state index is 11.6. The standard InChI is InChI=1S/C15H23BrN2O2S/c1-11-7-12(2)15(14(16)8-11)17-9-13-5-4-6-18(10-13)21(3,19)20/h7-8,13,17H,4-6,9-10H2,1-3H3. The number of sulfonamides is 1. The Labute approximate surface area is 136 Å². The van der Waals surface area contributed by atoms with E-state index in [0.717, 1.165) is 29.5 Å². The van der Waals surface area contributed by atoms with E-state index in [-0.39, 0.29) is 0 Å². The minimum atomic E-state index is -3.07. The predicted molar refractivity (Wildman–Crippen MR) is 91.2 cm³/mol. The third-order valence-corrected chi connectivity index (χ3v) is 5.85. The summed E-state index contributed by atoms with van der Waals surface area (Å²) in [5, 5.41) is 3.48. The van der Waals surface area contributed by atoms with Gasteiger partial charge in [0.1, 0.15) is 0 Å². The average Bonchev–Trinajstić information content (AvgIpc) is 2.36. The lowest BCUT2D eigenvalue weighted by Gasteiger charge is -2.31. The number of hydrogen-bond acceptors (Lipinski definition) is 3. The van der Waals surface area contributed by atoms with Gasteiger partial charge in [0.2, 0.25) is 10.0 Å².